The van der Waals surface area contributed by atoms with E-state index < -0.39 is 96.3 Å². The fourth-order valence-corrected chi connectivity index (χ4v) is 12.5. The zero-order valence-electron chi connectivity index (χ0n) is 43.3. The first-order chi connectivity index (χ1) is 34.4. The number of nitrogens with zero attached hydrogens (tertiary/aromatic N) is 1. The molecule has 16 heteroatoms. The zero-order chi connectivity index (χ0) is 51.4. The van der Waals surface area contributed by atoms with Crippen molar-refractivity contribution in [2.45, 2.75) is 185 Å². The van der Waals surface area contributed by atoms with Crippen molar-refractivity contribution in [3.8, 4) is 0 Å². The van der Waals surface area contributed by atoms with Gasteiger partial charge in [0.2, 0.25) is 0 Å². The van der Waals surface area contributed by atoms with E-state index in [1.54, 1.807) is 57.6 Å². The third-order valence-electron chi connectivity index (χ3n) is 16.8. The van der Waals surface area contributed by atoms with Crippen LogP contribution < -0.4 is 0 Å². The SMILES string of the molecule is CC[C@@H](C)[C@H]1O[C@]2(C=C[C@@H]1C)C[C@@H]1C[C@@H](C/C=C(\C)[C@@H](O[C@H]3C[C@H](OC)[C@@H](C4C[C@H](OC)[C@@H](ON5C(=O)c6ccccc6C5=O)[C@H](C)O4)[C@H](C)O3)[C@@H](C)/C=C/C=C3\CO[C@@H]4[C@H](O)C(C)=C[C@@H](C(=O)O1)[C@]34O)O2. The molecule has 7 heterocycles. The number of allylic oxidation sites excluding steroid dienone is 2. The van der Waals surface area contributed by atoms with Crippen LogP contribution in [0.15, 0.2) is 83.5 Å². The lowest BCUT2D eigenvalue weighted by Gasteiger charge is -2.48. The predicted molar refractivity (Wildman–Crippen MR) is 262 cm³/mol. The first-order valence-corrected chi connectivity index (χ1v) is 26.1. The van der Waals surface area contributed by atoms with Gasteiger partial charge in [-0.15, -0.1) is 5.06 Å². The molecule has 4 saturated heterocycles. The maximum absolute atomic E-state index is 14.4. The third kappa shape index (κ3) is 9.91. The molecular formula is C56H75NO15. The average Bonchev–Trinajstić information content (AvgIpc) is 3.82. The van der Waals surface area contributed by atoms with Crippen molar-refractivity contribution in [1.29, 1.82) is 0 Å². The molecule has 2 N–H and O–H groups in total. The summed E-state index contributed by atoms with van der Waals surface area (Å²) in [5.41, 5.74) is 0.642. The molecule has 1 spiro atoms. The van der Waals surface area contributed by atoms with Gasteiger partial charge in [0, 0.05) is 57.7 Å². The van der Waals surface area contributed by atoms with E-state index in [1.165, 1.54) is 0 Å². The fourth-order valence-electron chi connectivity index (χ4n) is 12.5. The Hall–Kier alpha value is -3.91. The van der Waals surface area contributed by atoms with Crippen LogP contribution in [0.2, 0.25) is 0 Å². The second-order valence-corrected chi connectivity index (χ2v) is 21.6. The minimum absolute atomic E-state index is 0.0131. The maximum atomic E-state index is 14.4. The van der Waals surface area contributed by atoms with E-state index in [0.717, 1.165) is 17.1 Å². The maximum Gasteiger partial charge on any atom is 0.316 e. The van der Waals surface area contributed by atoms with Gasteiger partial charge in [-0.2, -0.15) is 0 Å². The van der Waals surface area contributed by atoms with Crippen molar-refractivity contribution in [3.63, 3.8) is 0 Å². The highest BCUT2D eigenvalue weighted by Crippen LogP contribution is 2.48. The van der Waals surface area contributed by atoms with Gasteiger partial charge in [-0.05, 0) is 75.0 Å². The lowest BCUT2D eigenvalue weighted by molar-refractivity contribution is -0.300. The molecule has 16 nitrogen and oxygen atoms in total. The van der Waals surface area contributed by atoms with Gasteiger partial charge >= 0.3 is 5.97 Å². The second-order valence-electron chi connectivity index (χ2n) is 21.6. The van der Waals surface area contributed by atoms with Crippen LogP contribution in [0, 0.1) is 29.6 Å². The van der Waals surface area contributed by atoms with E-state index in [1.807, 2.05) is 39.0 Å². The largest absolute Gasteiger partial charge is 0.462 e. The van der Waals surface area contributed by atoms with Crippen molar-refractivity contribution in [2.24, 2.45) is 29.6 Å². The van der Waals surface area contributed by atoms with E-state index in [9.17, 15) is 24.6 Å². The van der Waals surface area contributed by atoms with E-state index in [-0.39, 0.29) is 66.1 Å². The van der Waals surface area contributed by atoms with Crippen LogP contribution in [-0.2, 0) is 52.3 Å². The molecule has 72 heavy (non-hydrogen) atoms. The summed E-state index contributed by atoms with van der Waals surface area (Å²) < 4.78 is 59.0. The fraction of sp³-hybridized carbons (Fsp3) is 0.661. The van der Waals surface area contributed by atoms with E-state index in [4.69, 9.17) is 47.5 Å². The molecule has 2 bridgehead atoms. The molecule has 394 valence electrons. The Balaban J connectivity index is 0.963. The van der Waals surface area contributed by atoms with Crippen LogP contribution in [0.5, 0.6) is 0 Å². The molecule has 4 fully saturated rings. The van der Waals surface area contributed by atoms with Crippen LogP contribution in [0.3, 0.4) is 0 Å². The molecule has 20 atom stereocenters. The Morgan fingerprint density at radius 3 is 2.29 bits per heavy atom. The molecule has 9 rings (SSSR count). The number of rotatable bonds is 9. The van der Waals surface area contributed by atoms with Crippen molar-refractivity contribution in [1.82, 2.24) is 5.06 Å². The summed E-state index contributed by atoms with van der Waals surface area (Å²) in [6.07, 6.45) is 8.85. The zero-order valence-corrected chi connectivity index (χ0v) is 43.3. The van der Waals surface area contributed by atoms with Crippen molar-refractivity contribution in [2.75, 3.05) is 20.8 Å². The minimum atomic E-state index is -1.86. The molecule has 1 aromatic carbocycles. The number of fused-ring (bicyclic) bond motifs is 3. The lowest BCUT2D eigenvalue weighted by atomic mass is 9.71. The second kappa shape index (κ2) is 21.4. The van der Waals surface area contributed by atoms with Gasteiger partial charge in [0.1, 0.15) is 35.9 Å². The number of carbonyl (C=O) groups is 3. The first kappa shape index (κ1) is 52.9. The number of ether oxygens (including phenoxy) is 9. The van der Waals surface area contributed by atoms with E-state index in [0.29, 0.717) is 36.8 Å². The molecular weight excluding hydrogens is 927 g/mol. The lowest BCUT2D eigenvalue weighted by Crippen LogP contribution is -2.58. The highest BCUT2D eigenvalue weighted by Gasteiger charge is 2.60. The Morgan fingerprint density at radius 2 is 1.60 bits per heavy atom. The Bertz CT molecular complexity index is 2310. The van der Waals surface area contributed by atoms with Crippen molar-refractivity contribution >= 4 is 17.8 Å². The number of hydroxylamine groups is 2. The Kier molecular flexibility index (Phi) is 15.7. The predicted octanol–water partition coefficient (Wildman–Crippen LogP) is 6.89. The Labute approximate surface area is 423 Å². The monoisotopic (exact) mass is 1000 g/mol. The van der Waals surface area contributed by atoms with Gasteiger partial charge in [-0.1, -0.05) is 82.7 Å². The number of imide groups is 1. The number of esters is 1. The van der Waals surface area contributed by atoms with Gasteiger partial charge in [-0.25, -0.2) is 0 Å². The third-order valence-corrected chi connectivity index (χ3v) is 16.8. The van der Waals surface area contributed by atoms with Gasteiger partial charge in [-0.3, -0.25) is 19.2 Å². The summed E-state index contributed by atoms with van der Waals surface area (Å²) >= 11 is 0. The summed E-state index contributed by atoms with van der Waals surface area (Å²) in [7, 11) is 3.26. The van der Waals surface area contributed by atoms with Crippen molar-refractivity contribution in [3.05, 3.63) is 94.6 Å². The number of benzene rings is 1. The number of hydrogen-bond donors (Lipinski definition) is 2. The normalized spacial score (nSPS) is 44.8. The van der Waals surface area contributed by atoms with E-state index >= 15 is 0 Å². The summed E-state index contributed by atoms with van der Waals surface area (Å²) in [6, 6.07) is 6.64. The number of hydrogen-bond acceptors (Lipinski definition) is 15. The van der Waals surface area contributed by atoms with Crippen LogP contribution in [0.1, 0.15) is 115 Å². The van der Waals surface area contributed by atoms with Crippen LogP contribution in [0.25, 0.3) is 0 Å². The number of methoxy groups -OCH3 is 2. The summed E-state index contributed by atoms with van der Waals surface area (Å²) in [4.78, 5) is 47.0. The molecule has 1 aromatic rings. The summed E-state index contributed by atoms with van der Waals surface area (Å²) in [5, 5.41) is 24.7. The average molecular weight is 1000 g/mol. The number of aliphatic hydroxyl groups excluding tert-OH is 1. The molecule has 1 unspecified atom stereocenters. The molecule has 8 aliphatic rings. The highest BCUT2D eigenvalue weighted by atomic mass is 16.7. The van der Waals surface area contributed by atoms with Gasteiger partial charge in [0.05, 0.1) is 66.6 Å². The summed E-state index contributed by atoms with van der Waals surface area (Å²) in [6.45, 7) is 16.2. The molecule has 1 aliphatic carbocycles. The Morgan fingerprint density at radius 1 is 0.875 bits per heavy atom. The molecule has 0 aromatic heterocycles. The van der Waals surface area contributed by atoms with E-state index in [2.05, 4.69) is 39.8 Å². The topological polar surface area (TPSA) is 187 Å². The van der Waals surface area contributed by atoms with Gasteiger partial charge in [0.25, 0.3) is 11.8 Å². The number of carbonyl (C=O) groups excluding carboxylic acids is 3. The molecule has 0 saturated carbocycles. The van der Waals surface area contributed by atoms with Gasteiger partial charge < -0.3 is 52.8 Å². The molecule has 7 aliphatic heterocycles. The quantitative estimate of drug-likeness (QED) is 0.148. The standard InChI is InChI=1S/C56H75NO15/c1-11-29(2)49-32(5)21-22-55(71-49)27-38-24-37(70-55)20-19-31(4)48(30(3)15-14-16-36-28-65-51-47(58)33(6)23-41(54(61)68-38)56(36,51)62)69-45-26-42(63-9)46(34(7)67-45)43-25-44(64-10)50(35(8)66-43)72-57-52(59)39-17-12-13-18-40(39)53(57)60/h12-19,21-23,29-30,32,34-35,37-38,41-51,58,62H,11,20,24-28H2,1-10H3/b15-14+,31-19+,36-16+/t29-,30+,32+,34+,35+,37-,38+,41+,42+,43?,44+,45+,46+,47-,48+,49-,50+,51-,55-,56-/m1/s1. The molecule has 2 amide bonds. The first-order valence-electron chi connectivity index (χ1n) is 26.1. The van der Waals surface area contributed by atoms with Crippen LogP contribution in [0.4, 0.5) is 0 Å². The number of aliphatic hydroxyl groups is 2. The molecule has 0 radical (unpaired) electrons. The minimum Gasteiger partial charge on any atom is -0.462 e. The van der Waals surface area contributed by atoms with Crippen LogP contribution in [-0.4, -0.2) is 145 Å². The summed E-state index contributed by atoms with van der Waals surface area (Å²) in [5.74, 6) is -3.98. The highest BCUT2D eigenvalue weighted by molar-refractivity contribution is 6.20. The van der Waals surface area contributed by atoms with Crippen molar-refractivity contribution < 1.29 is 72.1 Å². The smallest absolute Gasteiger partial charge is 0.316 e. The van der Waals surface area contributed by atoms with Gasteiger partial charge in [0.15, 0.2) is 12.1 Å². The number of amides is 2. The van der Waals surface area contributed by atoms with Crippen LogP contribution >= 0.6 is 0 Å².